The molecule has 0 aliphatic carbocycles. The summed E-state index contributed by atoms with van der Waals surface area (Å²) in [6, 6.07) is 11.1. The van der Waals surface area contributed by atoms with Crippen LogP contribution in [0.4, 0.5) is 0 Å². The van der Waals surface area contributed by atoms with Gasteiger partial charge in [0, 0.05) is 13.5 Å². The minimum absolute atomic E-state index is 0.0302. The molecule has 0 unspecified atom stereocenters. The SMILES string of the molecule is CN(Cc1nc2ccsc2c(=O)[nH]1)C(=O)CCc1ccc(C#N)cc1. The van der Waals surface area contributed by atoms with Crippen LogP contribution in [0.3, 0.4) is 0 Å². The number of carbonyl (C=O) groups is 1. The van der Waals surface area contributed by atoms with Gasteiger partial charge in [0.05, 0.1) is 23.7 Å². The van der Waals surface area contributed by atoms with Gasteiger partial charge in [0.25, 0.3) is 5.56 Å². The third-order valence-corrected chi connectivity index (χ3v) is 4.79. The van der Waals surface area contributed by atoms with Crippen molar-refractivity contribution in [3.8, 4) is 6.07 Å². The van der Waals surface area contributed by atoms with Gasteiger partial charge in [-0.2, -0.15) is 5.26 Å². The summed E-state index contributed by atoms with van der Waals surface area (Å²) >= 11 is 1.35. The van der Waals surface area contributed by atoms with Gasteiger partial charge in [0.15, 0.2) is 0 Å². The number of thiophene rings is 1. The van der Waals surface area contributed by atoms with E-state index in [4.69, 9.17) is 5.26 Å². The van der Waals surface area contributed by atoms with Crippen LogP contribution in [0.5, 0.6) is 0 Å². The molecule has 0 spiro atoms. The molecule has 0 aliphatic rings. The smallest absolute Gasteiger partial charge is 0.268 e. The lowest BCUT2D eigenvalue weighted by Crippen LogP contribution is -2.28. The van der Waals surface area contributed by atoms with E-state index in [1.807, 2.05) is 17.5 Å². The van der Waals surface area contributed by atoms with Crippen molar-refractivity contribution in [2.75, 3.05) is 7.05 Å². The molecule has 0 bridgehead atoms. The second-order valence-electron chi connectivity index (χ2n) is 5.71. The molecule has 0 fully saturated rings. The fraction of sp³-hybridized carbons (Fsp3) is 0.222. The second-order valence-corrected chi connectivity index (χ2v) is 6.62. The molecular weight excluding hydrogens is 336 g/mol. The monoisotopic (exact) mass is 352 g/mol. The molecule has 3 rings (SSSR count). The molecule has 25 heavy (non-hydrogen) atoms. The van der Waals surface area contributed by atoms with Crippen molar-refractivity contribution < 1.29 is 4.79 Å². The molecule has 6 nitrogen and oxygen atoms in total. The zero-order valence-electron chi connectivity index (χ0n) is 13.7. The Balaban J connectivity index is 1.61. The van der Waals surface area contributed by atoms with Gasteiger partial charge in [-0.1, -0.05) is 12.1 Å². The molecule has 0 saturated heterocycles. The van der Waals surface area contributed by atoms with E-state index in [-0.39, 0.29) is 18.0 Å². The number of nitrogens with zero attached hydrogens (tertiary/aromatic N) is 3. The van der Waals surface area contributed by atoms with Crippen molar-refractivity contribution in [2.24, 2.45) is 0 Å². The highest BCUT2D eigenvalue weighted by atomic mass is 32.1. The molecule has 1 aromatic carbocycles. The summed E-state index contributed by atoms with van der Waals surface area (Å²) in [7, 11) is 1.69. The summed E-state index contributed by atoms with van der Waals surface area (Å²) in [6.07, 6.45) is 0.954. The number of aryl methyl sites for hydroxylation is 1. The number of hydrogen-bond acceptors (Lipinski definition) is 5. The lowest BCUT2D eigenvalue weighted by molar-refractivity contribution is -0.130. The Hall–Kier alpha value is -2.98. The zero-order valence-corrected chi connectivity index (χ0v) is 14.5. The molecule has 7 heteroatoms. The summed E-state index contributed by atoms with van der Waals surface area (Å²) in [5.41, 5.74) is 2.09. The van der Waals surface area contributed by atoms with Gasteiger partial charge < -0.3 is 9.88 Å². The van der Waals surface area contributed by atoms with Gasteiger partial charge >= 0.3 is 0 Å². The van der Waals surface area contributed by atoms with Crippen LogP contribution in [0, 0.1) is 11.3 Å². The van der Waals surface area contributed by atoms with E-state index in [0.29, 0.717) is 34.4 Å². The molecule has 1 N–H and O–H groups in total. The standard InChI is InChI=1S/C18H16N4O2S/c1-22(11-15-20-14-8-9-25-17(14)18(24)21-15)16(23)7-6-12-2-4-13(10-19)5-3-12/h2-5,8-9H,6-7,11H2,1H3,(H,20,21,24). The van der Waals surface area contributed by atoms with Gasteiger partial charge in [0.1, 0.15) is 10.5 Å². The van der Waals surface area contributed by atoms with Crippen molar-refractivity contribution in [3.63, 3.8) is 0 Å². The normalized spacial score (nSPS) is 10.6. The molecule has 0 radical (unpaired) electrons. The van der Waals surface area contributed by atoms with E-state index < -0.39 is 0 Å². The van der Waals surface area contributed by atoms with Crippen LogP contribution in [-0.4, -0.2) is 27.8 Å². The maximum atomic E-state index is 12.3. The van der Waals surface area contributed by atoms with Crippen LogP contribution < -0.4 is 5.56 Å². The predicted octanol–water partition coefficient (Wildman–Crippen LogP) is 2.45. The van der Waals surface area contributed by atoms with E-state index in [1.54, 1.807) is 30.1 Å². The van der Waals surface area contributed by atoms with Crippen molar-refractivity contribution in [1.82, 2.24) is 14.9 Å². The number of carbonyl (C=O) groups excluding carboxylic acids is 1. The fourth-order valence-electron chi connectivity index (χ4n) is 2.50. The number of H-pyrrole nitrogens is 1. The average Bonchev–Trinajstić information content (AvgIpc) is 3.09. The largest absolute Gasteiger partial charge is 0.338 e. The van der Waals surface area contributed by atoms with Gasteiger partial charge in [-0.25, -0.2) is 4.98 Å². The Kier molecular flexibility index (Phi) is 4.91. The van der Waals surface area contributed by atoms with E-state index >= 15 is 0 Å². The first-order valence-electron chi connectivity index (χ1n) is 7.76. The van der Waals surface area contributed by atoms with Gasteiger partial charge in [0.2, 0.25) is 5.91 Å². The van der Waals surface area contributed by atoms with E-state index in [0.717, 1.165) is 5.56 Å². The Labute approximate surface area is 148 Å². The molecule has 3 aromatic rings. The Bertz CT molecular complexity index is 998. The first kappa shape index (κ1) is 16.9. The Morgan fingerprint density at radius 2 is 2.08 bits per heavy atom. The van der Waals surface area contributed by atoms with Crippen LogP contribution in [0.15, 0.2) is 40.5 Å². The number of hydrogen-bond donors (Lipinski definition) is 1. The van der Waals surface area contributed by atoms with Crippen molar-refractivity contribution in [1.29, 1.82) is 5.26 Å². The molecule has 1 amide bonds. The third-order valence-electron chi connectivity index (χ3n) is 3.89. The lowest BCUT2D eigenvalue weighted by atomic mass is 10.1. The molecule has 0 saturated carbocycles. The average molecular weight is 352 g/mol. The highest BCUT2D eigenvalue weighted by molar-refractivity contribution is 7.17. The topological polar surface area (TPSA) is 89.8 Å². The number of aromatic amines is 1. The van der Waals surface area contributed by atoms with Crippen molar-refractivity contribution >= 4 is 27.5 Å². The summed E-state index contributed by atoms with van der Waals surface area (Å²) in [5.74, 6) is 0.447. The van der Waals surface area contributed by atoms with Crippen molar-refractivity contribution in [3.05, 3.63) is 63.0 Å². The first-order valence-corrected chi connectivity index (χ1v) is 8.64. The quantitative estimate of drug-likeness (QED) is 0.764. The number of benzene rings is 1. The lowest BCUT2D eigenvalue weighted by Gasteiger charge is -2.16. The van der Waals surface area contributed by atoms with Gasteiger partial charge in [-0.15, -0.1) is 11.3 Å². The Morgan fingerprint density at radius 3 is 2.80 bits per heavy atom. The van der Waals surface area contributed by atoms with Crippen molar-refractivity contribution in [2.45, 2.75) is 19.4 Å². The highest BCUT2D eigenvalue weighted by Gasteiger charge is 2.12. The van der Waals surface area contributed by atoms with Crippen LogP contribution in [0.1, 0.15) is 23.4 Å². The summed E-state index contributed by atoms with van der Waals surface area (Å²) in [6.45, 7) is 0.257. The molecule has 2 heterocycles. The van der Waals surface area contributed by atoms with Crippen LogP contribution in [0.25, 0.3) is 10.2 Å². The minimum Gasteiger partial charge on any atom is -0.338 e. The zero-order chi connectivity index (χ0) is 17.8. The third kappa shape index (κ3) is 3.92. The number of rotatable bonds is 5. The highest BCUT2D eigenvalue weighted by Crippen LogP contribution is 2.14. The van der Waals surface area contributed by atoms with Gasteiger partial charge in [-0.3, -0.25) is 9.59 Å². The fourth-order valence-corrected chi connectivity index (χ4v) is 3.22. The van der Waals surface area contributed by atoms with Crippen LogP contribution in [-0.2, 0) is 17.8 Å². The van der Waals surface area contributed by atoms with E-state index in [1.165, 1.54) is 11.3 Å². The molecule has 0 aliphatic heterocycles. The molecular formula is C18H16N4O2S. The predicted molar refractivity (Wildman–Crippen MR) is 96.2 cm³/mol. The number of nitriles is 1. The molecule has 126 valence electrons. The number of fused-ring (bicyclic) bond motifs is 1. The number of aromatic nitrogens is 2. The molecule has 2 aromatic heterocycles. The van der Waals surface area contributed by atoms with Gasteiger partial charge in [-0.05, 0) is 35.6 Å². The molecule has 0 atom stereocenters. The number of nitrogens with one attached hydrogen (secondary N) is 1. The Morgan fingerprint density at radius 1 is 1.32 bits per heavy atom. The first-order chi connectivity index (χ1) is 12.1. The summed E-state index contributed by atoms with van der Waals surface area (Å²) in [5, 5.41) is 10.6. The maximum absolute atomic E-state index is 12.3. The van der Waals surface area contributed by atoms with E-state index in [2.05, 4.69) is 16.0 Å². The summed E-state index contributed by atoms with van der Waals surface area (Å²) < 4.78 is 0.596. The number of amides is 1. The van der Waals surface area contributed by atoms with Crippen LogP contribution in [0.2, 0.25) is 0 Å². The second kappa shape index (κ2) is 7.28. The minimum atomic E-state index is -0.173. The van der Waals surface area contributed by atoms with Crippen LogP contribution >= 0.6 is 11.3 Å². The van der Waals surface area contributed by atoms with E-state index in [9.17, 15) is 9.59 Å². The summed E-state index contributed by atoms with van der Waals surface area (Å²) in [4.78, 5) is 32.9. The maximum Gasteiger partial charge on any atom is 0.268 e.